The lowest BCUT2D eigenvalue weighted by Gasteiger charge is -2.25. The monoisotopic (exact) mass is 323 g/mol. The summed E-state index contributed by atoms with van der Waals surface area (Å²) in [5, 5.41) is 3.61. The SMILES string of the molecule is CCCNCc1nc(N(CCC)CC(F)(F)F)ccc1Cl. The van der Waals surface area contributed by atoms with Crippen LogP contribution >= 0.6 is 11.6 Å². The molecule has 1 aromatic rings. The zero-order chi connectivity index (χ0) is 15.9. The minimum atomic E-state index is -4.25. The topological polar surface area (TPSA) is 28.2 Å². The van der Waals surface area contributed by atoms with E-state index in [1.165, 1.54) is 11.0 Å². The molecule has 0 saturated carbocycles. The molecule has 0 spiro atoms. The highest BCUT2D eigenvalue weighted by Crippen LogP contribution is 2.23. The summed E-state index contributed by atoms with van der Waals surface area (Å²) in [6, 6.07) is 3.14. The van der Waals surface area contributed by atoms with E-state index >= 15 is 0 Å². The number of hydrogen-bond acceptors (Lipinski definition) is 3. The molecule has 0 aliphatic carbocycles. The van der Waals surface area contributed by atoms with Gasteiger partial charge in [0.15, 0.2) is 0 Å². The van der Waals surface area contributed by atoms with Gasteiger partial charge in [-0.1, -0.05) is 25.4 Å². The van der Waals surface area contributed by atoms with Crippen molar-refractivity contribution in [2.24, 2.45) is 0 Å². The van der Waals surface area contributed by atoms with Gasteiger partial charge < -0.3 is 10.2 Å². The van der Waals surface area contributed by atoms with E-state index in [0.29, 0.717) is 36.0 Å². The largest absolute Gasteiger partial charge is 0.405 e. The molecule has 3 nitrogen and oxygen atoms in total. The van der Waals surface area contributed by atoms with E-state index in [1.807, 2.05) is 13.8 Å². The molecular weight excluding hydrogens is 303 g/mol. The minimum Gasteiger partial charge on any atom is -0.348 e. The molecule has 120 valence electrons. The highest BCUT2D eigenvalue weighted by Gasteiger charge is 2.31. The third kappa shape index (κ3) is 6.52. The van der Waals surface area contributed by atoms with Gasteiger partial charge in [-0.05, 0) is 31.5 Å². The standard InChI is InChI=1S/C14H21ClF3N3/c1-3-7-19-9-12-11(15)5-6-13(20-12)21(8-4-2)10-14(16,17)18/h5-6,19H,3-4,7-10H2,1-2H3. The van der Waals surface area contributed by atoms with Crippen molar-refractivity contribution < 1.29 is 13.2 Å². The molecule has 0 aromatic carbocycles. The summed E-state index contributed by atoms with van der Waals surface area (Å²) < 4.78 is 37.9. The zero-order valence-corrected chi connectivity index (χ0v) is 13.1. The predicted molar refractivity (Wildman–Crippen MR) is 79.8 cm³/mol. The molecule has 1 aromatic heterocycles. The first kappa shape index (κ1) is 18.0. The first-order valence-electron chi connectivity index (χ1n) is 7.05. The highest BCUT2D eigenvalue weighted by molar-refractivity contribution is 6.31. The summed E-state index contributed by atoms with van der Waals surface area (Å²) in [5.41, 5.74) is 0.575. The average molecular weight is 324 g/mol. The Morgan fingerprint density at radius 2 is 1.95 bits per heavy atom. The van der Waals surface area contributed by atoms with Gasteiger partial charge >= 0.3 is 6.18 Å². The molecule has 0 amide bonds. The Kier molecular flexibility index (Phi) is 7.25. The molecule has 0 aliphatic heterocycles. The molecule has 0 radical (unpaired) electrons. The molecule has 0 fully saturated rings. The van der Waals surface area contributed by atoms with Gasteiger partial charge in [-0.25, -0.2) is 4.98 Å². The average Bonchev–Trinajstić information content (AvgIpc) is 2.39. The number of aromatic nitrogens is 1. The van der Waals surface area contributed by atoms with Crippen molar-refractivity contribution >= 4 is 17.4 Å². The number of pyridine rings is 1. The molecular formula is C14H21ClF3N3. The fourth-order valence-corrected chi connectivity index (χ4v) is 2.09. The summed E-state index contributed by atoms with van der Waals surface area (Å²) >= 11 is 6.05. The zero-order valence-electron chi connectivity index (χ0n) is 12.3. The van der Waals surface area contributed by atoms with Crippen LogP contribution in [0.2, 0.25) is 5.02 Å². The maximum atomic E-state index is 12.6. The molecule has 1 N–H and O–H groups in total. The van der Waals surface area contributed by atoms with Gasteiger partial charge in [-0.15, -0.1) is 0 Å². The van der Waals surface area contributed by atoms with Crippen LogP contribution < -0.4 is 10.2 Å². The second-order valence-corrected chi connectivity index (χ2v) is 5.22. The lowest BCUT2D eigenvalue weighted by atomic mass is 10.3. The van der Waals surface area contributed by atoms with E-state index in [4.69, 9.17) is 11.6 Å². The number of anilines is 1. The number of halogens is 4. The second-order valence-electron chi connectivity index (χ2n) is 4.81. The summed E-state index contributed by atoms with van der Waals surface area (Å²) in [7, 11) is 0. The van der Waals surface area contributed by atoms with Gasteiger partial charge in [0.25, 0.3) is 0 Å². The van der Waals surface area contributed by atoms with Crippen molar-refractivity contribution in [3.63, 3.8) is 0 Å². The predicted octanol–water partition coefficient (Wildman–Crippen LogP) is 4.01. The van der Waals surface area contributed by atoms with Crippen LogP contribution in [0.5, 0.6) is 0 Å². The van der Waals surface area contributed by atoms with Gasteiger partial charge in [-0.2, -0.15) is 13.2 Å². The van der Waals surface area contributed by atoms with E-state index in [2.05, 4.69) is 10.3 Å². The number of alkyl halides is 3. The van der Waals surface area contributed by atoms with Crippen LogP contribution in [0.3, 0.4) is 0 Å². The van der Waals surface area contributed by atoms with E-state index in [9.17, 15) is 13.2 Å². The molecule has 0 atom stereocenters. The van der Waals surface area contributed by atoms with Crippen LogP contribution in [0.1, 0.15) is 32.4 Å². The molecule has 0 bridgehead atoms. The van der Waals surface area contributed by atoms with Gasteiger partial charge in [-0.3, -0.25) is 0 Å². The number of nitrogens with one attached hydrogen (secondary N) is 1. The van der Waals surface area contributed by atoms with Gasteiger partial charge in [0.1, 0.15) is 12.4 Å². The van der Waals surface area contributed by atoms with E-state index < -0.39 is 12.7 Å². The molecule has 1 heterocycles. The maximum Gasteiger partial charge on any atom is 0.405 e. The van der Waals surface area contributed by atoms with Crippen molar-refractivity contribution in [3.05, 3.63) is 22.8 Å². The van der Waals surface area contributed by atoms with Gasteiger partial charge in [0, 0.05) is 13.1 Å². The third-order valence-electron chi connectivity index (χ3n) is 2.81. The van der Waals surface area contributed by atoms with Crippen molar-refractivity contribution in [1.82, 2.24) is 10.3 Å². The Labute approximate surface area is 128 Å². The molecule has 0 saturated heterocycles. The van der Waals surface area contributed by atoms with Crippen LogP contribution in [-0.2, 0) is 6.54 Å². The Bertz CT molecular complexity index is 438. The quantitative estimate of drug-likeness (QED) is 0.733. The van der Waals surface area contributed by atoms with Crippen molar-refractivity contribution in [2.45, 2.75) is 39.4 Å². The van der Waals surface area contributed by atoms with Crippen molar-refractivity contribution in [3.8, 4) is 0 Å². The van der Waals surface area contributed by atoms with Crippen LogP contribution in [-0.4, -0.2) is 30.8 Å². The summed E-state index contributed by atoms with van der Waals surface area (Å²) in [4.78, 5) is 5.51. The van der Waals surface area contributed by atoms with Crippen molar-refractivity contribution in [1.29, 1.82) is 0 Å². The fraction of sp³-hybridized carbons (Fsp3) is 0.643. The highest BCUT2D eigenvalue weighted by atomic mass is 35.5. The number of hydrogen-bond donors (Lipinski definition) is 1. The van der Waals surface area contributed by atoms with Crippen LogP contribution in [0, 0.1) is 0 Å². The molecule has 21 heavy (non-hydrogen) atoms. The molecule has 1 rings (SSSR count). The van der Waals surface area contributed by atoms with Gasteiger partial charge in [0.05, 0.1) is 10.7 Å². The summed E-state index contributed by atoms with van der Waals surface area (Å²) in [5.74, 6) is 0.312. The fourth-order valence-electron chi connectivity index (χ4n) is 1.92. The van der Waals surface area contributed by atoms with Crippen LogP contribution in [0.25, 0.3) is 0 Å². The van der Waals surface area contributed by atoms with Gasteiger partial charge in [0.2, 0.25) is 0 Å². The van der Waals surface area contributed by atoms with Crippen LogP contribution in [0.4, 0.5) is 19.0 Å². The first-order valence-corrected chi connectivity index (χ1v) is 7.43. The first-order chi connectivity index (χ1) is 9.87. The molecule has 7 heteroatoms. The Hall–Kier alpha value is -1.01. The molecule has 0 unspecified atom stereocenters. The lowest BCUT2D eigenvalue weighted by molar-refractivity contribution is -0.119. The Morgan fingerprint density at radius 3 is 2.52 bits per heavy atom. The van der Waals surface area contributed by atoms with Crippen LogP contribution in [0.15, 0.2) is 12.1 Å². The Morgan fingerprint density at radius 1 is 1.24 bits per heavy atom. The summed E-state index contributed by atoms with van der Waals surface area (Å²) in [6.07, 6.45) is -2.67. The smallest absolute Gasteiger partial charge is 0.348 e. The number of rotatable bonds is 8. The lowest BCUT2D eigenvalue weighted by Crippen LogP contribution is -2.35. The van der Waals surface area contributed by atoms with Crippen molar-refractivity contribution in [2.75, 3.05) is 24.5 Å². The normalized spacial score (nSPS) is 11.7. The van der Waals surface area contributed by atoms with E-state index in [-0.39, 0.29) is 0 Å². The minimum absolute atomic E-state index is 0.302. The molecule has 0 aliphatic rings. The third-order valence-corrected chi connectivity index (χ3v) is 3.15. The summed E-state index contributed by atoms with van der Waals surface area (Å²) in [6.45, 7) is 4.43. The van der Waals surface area contributed by atoms with E-state index in [1.54, 1.807) is 6.07 Å². The van der Waals surface area contributed by atoms with E-state index in [0.717, 1.165) is 13.0 Å². The number of nitrogens with zero attached hydrogens (tertiary/aromatic N) is 2. The maximum absolute atomic E-state index is 12.6. The Balaban J connectivity index is 2.89. The second kappa shape index (κ2) is 8.44.